The number of halogens is 3. The molecule has 2 atom stereocenters. The molecule has 1 heterocycles. The average molecular weight is 390 g/mol. The third-order valence-electron chi connectivity index (χ3n) is 5.19. The standard InChI is InChI=1S/C21H21F3N2O2/c1-13(14-6-8-17(9-7-14)21(22,23)24)10-19(27)26-12-16-5-3-2-4-15(16)11-18(26)20(25)28/h2-9,13,18H,10-12H2,1H3,(H2,25,28)/t13-,18-/m0/s1. The van der Waals surface area contributed by atoms with Gasteiger partial charge in [0.15, 0.2) is 0 Å². The van der Waals surface area contributed by atoms with E-state index in [1.54, 1.807) is 6.92 Å². The normalized spacial score (nSPS) is 17.7. The molecule has 1 aliphatic rings. The molecule has 0 bridgehead atoms. The van der Waals surface area contributed by atoms with E-state index in [-0.39, 0.29) is 18.2 Å². The monoisotopic (exact) mass is 390 g/mol. The van der Waals surface area contributed by atoms with Gasteiger partial charge in [0.2, 0.25) is 11.8 Å². The lowest BCUT2D eigenvalue weighted by Crippen LogP contribution is -2.51. The molecule has 2 amide bonds. The van der Waals surface area contributed by atoms with E-state index in [0.29, 0.717) is 18.5 Å². The van der Waals surface area contributed by atoms with Gasteiger partial charge in [-0.25, -0.2) is 0 Å². The maximum atomic E-state index is 12.9. The van der Waals surface area contributed by atoms with Gasteiger partial charge in [-0.15, -0.1) is 0 Å². The first-order chi connectivity index (χ1) is 13.2. The fourth-order valence-corrected chi connectivity index (χ4v) is 3.54. The number of nitrogens with zero attached hydrogens (tertiary/aromatic N) is 1. The van der Waals surface area contributed by atoms with E-state index in [1.165, 1.54) is 17.0 Å². The van der Waals surface area contributed by atoms with Gasteiger partial charge in [0.1, 0.15) is 6.04 Å². The minimum absolute atomic E-state index is 0.0807. The van der Waals surface area contributed by atoms with Gasteiger partial charge >= 0.3 is 6.18 Å². The summed E-state index contributed by atoms with van der Waals surface area (Å²) in [6.45, 7) is 2.07. The SMILES string of the molecule is C[C@@H](CC(=O)N1Cc2ccccc2C[C@H]1C(N)=O)c1ccc(C(F)(F)F)cc1. The van der Waals surface area contributed by atoms with Crippen molar-refractivity contribution in [3.05, 3.63) is 70.8 Å². The summed E-state index contributed by atoms with van der Waals surface area (Å²) >= 11 is 0. The maximum Gasteiger partial charge on any atom is 0.416 e. The van der Waals surface area contributed by atoms with Crippen LogP contribution in [0.5, 0.6) is 0 Å². The largest absolute Gasteiger partial charge is 0.416 e. The number of hydrogen-bond acceptors (Lipinski definition) is 2. The highest BCUT2D eigenvalue weighted by atomic mass is 19.4. The Morgan fingerprint density at radius 1 is 1.11 bits per heavy atom. The van der Waals surface area contributed by atoms with E-state index in [0.717, 1.165) is 23.3 Å². The Morgan fingerprint density at radius 2 is 1.71 bits per heavy atom. The van der Waals surface area contributed by atoms with Crippen LogP contribution in [-0.4, -0.2) is 22.8 Å². The van der Waals surface area contributed by atoms with Crippen molar-refractivity contribution in [2.75, 3.05) is 0 Å². The van der Waals surface area contributed by atoms with Crippen molar-refractivity contribution in [1.29, 1.82) is 0 Å². The van der Waals surface area contributed by atoms with Gasteiger partial charge in [0.05, 0.1) is 5.56 Å². The number of nitrogens with two attached hydrogens (primary N) is 1. The second-order valence-electron chi connectivity index (χ2n) is 7.14. The minimum atomic E-state index is -4.40. The molecule has 2 aromatic carbocycles. The lowest BCUT2D eigenvalue weighted by atomic mass is 9.91. The number of primary amides is 1. The molecule has 0 saturated carbocycles. The van der Waals surface area contributed by atoms with Gasteiger partial charge in [-0.1, -0.05) is 43.3 Å². The molecule has 148 valence electrons. The lowest BCUT2D eigenvalue weighted by molar-refractivity contribution is -0.141. The first kappa shape index (κ1) is 19.9. The summed E-state index contributed by atoms with van der Waals surface area (Å²) in [6.07, 6.45) is -3.95. The van der Waals surface area contributed by atoms with Crippen LogP contribution in [0.4, 0.5) is 13.2 Å². The molecule has 3 rings (SSSR count). The predicted octanol–water partition coefficient (Wildman–Crippen LogP) is 3.64. The van der Waals surface area contributed by atoms with Gasteiger partial charge in [0, 0.05) is 19.4 Å². The number of carbonyl (C=O) groups excluding carboxylic acids is 2. The molecule has 0 unspecified atom stereocenters. The van der Waals surface area contributed by atoms with Crippen LogP contribution in [0.3, 0.4) is 0 Å². The highest BCUT2D eigenvalue weighted by Gasteiger charge is 2.34. The zero-order chi connectivity index (χ0) is 20.5. The topological polar surface area (TPSA) is 63.4 Å². The fourth-order valence-electron chi connectivity index (χ4n) is 3.54. The van der Waals surface area contributed by atoms with Crippen LogP contribution in [-0.2, 0) is 28.7 Å². The van der Waals surface area contributed by atoms with E-state index in [2.05, 4.69) is 0 Å². The molecular weight excluding hydrogens is 369 g/mol. The molecule has 7 heteroatoms. The third kappa shape index (κ3) is 4.18. The van der Waals surface area contributed by atoms with E-state index >= 15 is 0 Å². The number of alkyl halides is 3. The van der Waals surface area contributed by atoms with Crippen molar-refractivity contribution in [3.8, 4) is 0 Å². The zero-order valence-corrected chi connectivity index (χ0v) is 15.4. The summed E-state index contributed by atoms with van der Waals surface area (Å²) in [5.41, 5.74) is 7.38. The van der Waals surface area contributed by atoms with Crippen LogP contribution in [0.25, 0.3) is 0 Å². The van der Waals surface area contributed by atoms with Gasteiger partial charge in [-0.3, -0.25) is 9.59 Å². The Hall–Kier alpha value is -2.83. The number of fused-ring (bicyclic) bond motifs is 1. The highest BCUT2D eigenvalue weighted by Crippen LogP contribution is 2.31. The molecule has 0 aliphatic carbocycles. The van der Waals surface area contributed by atoms with Crippen molar-refractivity contribution in [2.45, 2.75) is 44.4 Å². The number of rotatable bonds is 4. The van der Waals surface area contributed by atoms with Crippen LogP contribution in [0, 0.1) is 0 Å². The zero-order valence-electron chi connectivity index (χ0n) is 15.4. The van der Waals surface area contributed by atoms with Crippen molar-refractivity contribution >= 4 is 11.8 Å². The van der Waals surface area contributed by atoms with Crippen molar-refractivity contribution in [3.63, 3.8) is 0 Å². The van der Waals surface area contributed by atoms with E-state index in [4.69, 9.17) is 5.73 Å². The molecule has 0 saturated heterocycles. The summed E-state index contributed by atoms with van der Waals surface area (Å²) in [5.74, 6) is -1.10. The molecule has 0 aromatic heterocycles. The van der Waals surface area contributed by atoms with Crippen LogP contribution in [0.2, 0.25) is 0 Å². The van der Waals surface area contributed by atoms with Crippen molar-refractivity contribution < 1.29 is 22.8 Å². The molecule has 0 fully saturated rings. The Labute approximate surface area is 161 Å². The summed E-state index contributed by atoms with van der Waals surface area (Å²) < 4.78 is 38.1. The van der Waals surface area contributed by atoms with Crippen LogP contribution in [0.15, 0.2) is 48.5 Å². The highest BCUT2D eigenvalue weighted by molar-refractivity contribution is 5.87. The Balaban J connectivity index is 1.75. The van der Waals surface area contributed by atoms with Gasteiger partial charge in [0.25, 0.3) is 0 Å². The van der Waals surface area contributed by atoms with Gasteiger partial charge < -0.3 is 10.6 Å². The minimum Gasteiger partial charge on any atom is -0.368 e. The van der Waals surface area contributed by atoms with Crippen LogP contribution >= 0.6 is 0 Å². The predicted molar refractivity (Wildman–Crippen MR) is 98.2 cm³/mol. The Kier molecular flexibility index (Phi) is 5.45. The Morgan fingerprint density at radius 3 is 2.29 bits per heavy atom. The summed E-state index contributed by atoms with van der Waals surface area (Å²) in [5, 5.41) is 0. The van der Waals surface area contributed by atoms with Crippen LogP contribution < -0.4 is 5.73 Å². The maximum absolute atomic E-state index is 12.9. The Bertz CT molecular complexity index is 878. The second kappa shape index (κ2) is 7.66. The molecule has 2 N–H and O–H groups in total. The first-order valence-electron chi connectivity index (χ1n) is 8.99. The molecule has 2 aromatic rings. The fraction of sp³-hybridized carbons (Fsp3) is 0.333. The summed E-state index contributed by atoms with van der Waals surface area (Å²) in [4.78, 5) is 26.2. The summed E-state index contributed by atoms with van der Waals surface area (Å²) in [6, 6.07) is 11.7. The number of hydrogen-bond donors (Lipinski definition) is 1. The average Bonchev–Trinajstić information content (AvgIpc) is 2.66. The van der Waals surface area contributed by atoms with Crippen molar-refractivity contribution in [1.82, 2.24) is 4.90 Å². The lowest BCUT2D eigenvalue weighted by Gasteiger charge is -2.35. The van der Waals surface area contributed by atoms with E-state index in [1.807, 2.05) is 24.3 Å². The molecular formula is C21H21F3N2O2. The molecule has 28 heavy (non-hydrogen) atoms. The van der Waals surface area contributed by atoms with Gasteiger partial charge in [-0.2, -0.15) is 13.2 Å². The number of carbonyl (C=O) groups is 2. The van der Waals surface area contributed by atoms with E-state index < -0.39 is 23.7 Å². The molecule has 0 spiro atoms. The van der Waals surface area contributed by atoms with Crippen LogP contribution in [0.1, 0.15) is 41.5 Å². The molecule has 4 nitrogen and oxygen atoms in total. The second-order valence-corrected chi connectivity index (χ2v) is 7.14. The molecule has 0 radical (unpaired) electrons. The third-order valence-corrected chi connectivity index (χ3v) is 5.19. The quantitative estimate of drug-likeness (QED) is 0.866. The first-order valence-corrected chi connectivity index (χ1v) is 8.99. The van der Waals surface area contributed by atoms with E-state index in [9.17, 15) is 22.8 Å². The summed E-state index contributed by atoms with van der Waals surface area (Å²) in [7, 11) is 0. The molecule has 1 aliphatic heterocycles. The number of amides is 2. The number of benzene rings is 2. The smallest absolute Gasteiger partial charge is 0.368 e. The van der Waals surface area contributed by atoms with Gasteiger partial charge in [-0.05, 0) is 34.7 Å². The van der Waals surface area contributed by atoms with Crippen molar-refractivity contribution in [2.24, 2.45) is 5.73 Å².